The second-order valence-corrected chi connectivity index (χ2v) is 4.26. The van der Waals surface area contributed by atoms with Crippen LogP contribution < -0.4 is 5.32 Å². The third-order valence-corrected chi connectivity index (χ3v) is 3.09. The summed E-state index contributed by atoms with van der Waals surface area (Å²) in [6.45, 7) is 3.32. The molecule has 2 rings (SSSR count). The van der Waals surface area contributed by atoms with Crippen LogP contribution in [0.4, 0.5) is 0 Å². The molecule has 1 aliphatic rings. The van der Waals surface area contributed by atoms with E-state index < -0.39 is 0 Å². The lowest BCUT2D eigenvalue weighted by Crippen LogP contribution is -2.40. The molecule has 0 radical (unpaired) electrons. The van der Waals surface area contributed by atoms with E-state index in [1.807, 2.05) is 18.5 Å². The van der Waals surface area contributed by atoms with Gasteiger partial charge in [0, 0.05) is 25.0 Å². The molecular weight excluding hydrogens is 222 g/mol. The number of nitrogens with one attached hydrogen (secondary N) is 1. The number of piperidine rings is 1. The van der Waals surface area contributed by atoms with E-state index in [9.17, 15) is 0 Å². The van der Waals surface area contributed by atoms with Gasteiger partial charge in [0.1, 0.15) is 0 Å². The van der Waals surface area contributed by atoms with E-state index >= 15 is 0 Å². The second-order valence-electron chi connectivity index (χ2n) is 4.26. The summed E-state index contributed by atoms with van der Waals surface area (Å²) >= 11 is 0. The van der Waals surface area contributed by atoms with E-state index in [1.54, 1.807) is 0 Å². The molecule has 0 unspecified atom stereocenters. The van der Waals surface area contributed by atoms with Crippen molar-refractivity contribution in [3.05, 3.63) is 30.1 Å². The molecule has 1 aromatic heterocycles. The number of rotatable bonds is 3. The van der Waals surface area contributed by atoms with E-state index in [0.717, 1.165) is 25.7 Å². The van der Waals surface area contributed by atoms with Crippen LogP contribution in [0.15, 0.2) is 24.5 Å². The summed E-state index contributed by atoms with van der Waals surface area (Å²) in [5.74, 6) is 0. The summed E-state index contributed by atoms with van der Waals surface area (Å²) in [4.78, 5) is 6.59. The lowest BCUT2D eigenvalue weighted by Gasteiger charge is -2.31. The maximum atomic E-state index is 4.14. The van der Waals surface area contributed by atoms with Crippen LogP contribution >= 0.6 is 12.4 Å². The number of hydrogen-bond acceptors (Lipinski definition) is 3. The van der Waals surface area contributed by atoms with Gasteiger partial charge in [-0.25, -0.2) is 0 Å². The van der Waals surface area contributed by atoms with Crippen LogP contribution in [0.3, 0.4) is 0 Å². The van der Waals surface area contributed by atoms with Crippen LogP contribution in [0.1, 0.15) is 18.4 Å². The van der Waals surface area contributed by atoms with Gasteiger partial charge in [0.05, 0.1) is 0 Å². The molecule has 0 spiro atoms. The van der Waals surface area contributed by atoms with Crippen molar-refractivity contribution in [1.82, 2.24) is 15.2 Å². The molecule has 1 saturated heterocycles. The van der Waals surface area contributed by atoms with Crippen LogP contribution in [0, 0.1) is 0 Å². The maximum Gasteiger partial charge on any atom is 0.0312 e. The molecule has 0 atom stereocenters. The minimum atomic E-state index is 0. The summed E-state index contributed by atoms with van der Waals surface area (Å²) in [5, 5.41) is 3.39. The van der Waals surface area contributed by atoms with Gasteiger partial charge in [0.15, 0.2) is 0 Å². The first-order valence-electron chi connectivity index (χ1n) is 5.66. The first kappa shape index (κ1) is 13.4. The van der Waals surface area contributed by atoms with Gasteiger partial charge >= 0.3 is 0 Å². The van der Waals surface area contributed by atoms with Crippen LogP contribution in [-0.2, 0) is 6.54 Å². The fourth-order valence-electron chi connectivity index (χ4n) is 2.16. The van der Waals surface area contributed by atoms with Crippen molar-refractivity contribution in [2.75, 3.05) is 20.1 Å². The van der Waals surface area contributed by atoms with Crippen molar-refractivity contribution in [2.24, 2.45) is 0 Å². The second kappa shape index (κ2) is 6.84. The Morgan fingerprint density at radius 1 is 1.44 bits per heavy atom. The molecule has 1 aliphatic heterocycles. The quantitative estimate of drug-likeness (QED) is 0.873. The molecule has 90 valence electrons. The monoisotopic (exact) mass is 241 g/mol. The molecule has 16 heavy (non-hydrogen) atoms. The molecule has 3 nitrogen and oxygen atoms in total. The summed E-state index contributed by atoms with van der Waals surface area (Å²) < 4.78 is 0. The van der Waals surface area contributed by atoms with Crippen LogP contribution in [-0.4, -0.2) is 36.1 Å². The molecule has 0 saturated carbocycles. The van der Waals surface area contributed by atoms with Crippen LogP contribution in [0.5, 0.6) is 0 Å². The maximum absolute atomic E-state index is 4.14. The Bertz CT molecular complexity index is 286. The Kier molecular flexibility index (Phi) is 5.74. The summed E-state index contributed by atoms with van der Waals surface area (Å²) in [6.07, 6.45) is 6.30. The summed E-state index contributed by atoms with van der Waals surface area (Å²) in [5.41, 5.74) is 1.30. The Balaban J connectivity index is 0.00000128. The molecule has 4 heteroatoms. The van der Waals surface area contributed by atoms with Gasteiger partial charge in [-0.15, -0.1) is 12.4 Å². The highest BCUT2D eigenvalue weighted by Gasteiger charge is 2.17. The SMILES string of the molecule is CN(Cc1cccnc1)C1CCNCC1.Cl. The predicted octanol–water partition coefficient (Wildman–Crippen LogP) is 1.69. The van der Waals surface area contributed by atoms with Gasteiger partial charge < -0.3 is 5.32 Å². The number of nitrogens with zero attached hydrogens (tertiary/aromatic N) is 2. The molecule has 2 heterocycles. The minimum absolute atomic E-state index is 0. The number of aromatic nitrogens is 1. The number of halogens is 1. The molecular formula is C12H20ClN3. The smallest absolute Gasteiger partial charge is 0.0312 e. The Morgan fingerprint density at radius 3 is 2.81 bits per heavy atom. The fourth-order valence-corrected chi connectivity index (χ4v) is 2.16. The largest absolute Gasteiger partial charge is 0.317 e. The Hall–Kier alpha value is -0.640. The van der Waals surface area contributed by atoms with Gasteiger partial charge in [-0.05, 0) is 44.6 Å². The van der Waals surface area contributed by atoms with E-state index in [-0.39, 0.29) is 12.4 Å². The van der Waals surface area contributed by atoms with E-state index in [4.69, 9.17) is 0 Å². The Labute approximate surface area is 104 Å². The molecule has 1 N–H and O–H groups in total. The van der Waals surface area contributed by atoms with Crippen LogP contribution in [0.2, 0.25) is 0 Å². The normalized spacial score (nSPS) is 17.1. The third kappa shape index (κ3) is 3.74. The lowest BCUT2D eigenvalue weighted by molar-refractivity contribution is 0.191. The molecule has 0 bridgehead atoms. The highest BCUT2D eigenvalue weighted by atomic mass is 35.5. The number of hydrogen-bond donors (Lipinski definition) is 1. The van der Waals surface area contributed by atoms with Gasteiger partial charge in [-0.2, -0.15) is 0 Å². The van der Waals surface area contributed by atoms with Crippen molar-refractivity contribution in [3.8, 4) is 0 Å². The van der Waals surface area contributed by atoms with Crippen molar-refractivity contribution >= 4 is 12.4 Å². The van der Waals surface area contributed by atoms with Gasteiger partial charge in [0.2, 0.25) is 0 Å². The average molecular weight is 242 g/mol. The standard InChI is InChI=1S/C12H19N3.ClH/c1-15(12-4-7-13-8-5-12)10-11-3-2-6-14-9-11;/h2-3,6,9,12-13H,4-5,7-8,10H2,1H3;1H. The summed E-state index contributed by atoms with van der Waals surface area (Å²) in [7, 11) is 2.21. The molecule has 0 aromatic carbocycles. The zero-order chi connectivity index (χ0) is 10.5. The first-order chi connectivity index (χ1) is 7.36. The van der Waals surface area contributed by atoms with E-state index in [2.05, 4.69) is 28.3 Å². The van der Waals surface area contributed by atoms with Gasteiger partial charge in [-0.1, -0.05) is 6.07 Å². The third-order valence-electron chi connectivity index (χ3n) is 3.09. The van der Waals surface area contributed by atoms with Crippen molar-refractivity contribution < 1.29 is 0 Å². The molecule has 0 amide bonds. The zero-order valence-corrected chi connectivity index (χ0v) is 10.5. The molecule has 1 fully saturated rings. The van der Waals surface area contributed by atoms with Crippen LogP contribution in [0.25, 0.3) is 0 Å². The van der Waals surface area contributed by atoms with Crippen molar-refractivity contribution in [3.63, 3.8) is 0 Å². The minimum Gasteiger partial charge on any atom is -0.317 e. The highest BCUT2D eigenvalue weighted by Crippen LogP contribution is 2.12. The fraction of sp³-hybridized carbons (Fsp3) is 0.583. The zero-order valence-electron chi connectivity index (χ0n) is 9.72. The Morgan fingerprint density at radius 2 is 2.19 bits per heavy atom. The highest BCUT2D eigenvalue weighted by molar-refractivity contribution is 5.85. The predicted molar refractivity (Wildman–Crippen MR) is 68.8 cm³/mol. The topological polar surface area (TPSA) is 28.2 Å². The van der Waals surface area contributed by atoms with Gasteiger partial charge in [-0.3, -0.25) is 9.88 Å². The number of pyridine rings is 1. The average Bonchev–Trinajstić information content (AvgIpc) is 2.31. The van der Waals surface area contributed by atoms with Gasteiger partial charge in [0.25, 0.3) is 0 Å². The first-order valence-corrected chi connectivity index (χ1v) is 5.66. The van der Waals surface area contributed by atoms with E-state index in [1.165, 1.54) is 18.4 Å². The molecule has 1 aromatic rings. The molecule has 0 aliphatic carbocycles. The van der Waals surface area contributed by atoms with Crippen molar-refractivity contribution in [2.45, 2.75) is 25.4 Å². The van der Waals surface area contributed by atoms with Crippen molar-refractivity contribution in [1.29, 1.82) is 0 Å². The lowest BCUT2D eigenvalue weighted by atomic mass is 10.0. The van der Waals surface area contributed by atoms with E-state index in [0.29, 0.717) is 0 Å². The summed E-state index contributed by atoms with van der Waals surface area (Å²) in [6, 6.07) is 4.88.